The Kier molecular flexibility index (Phi) is 9.33. The van der Waals surface area contributed by atoms with Gasteiger partial charge >= 0.3 is 23.9 Å². The van der Waals surface area contributed by atoms with E-state index in [1.54, 1.807) is 0 Å². The number of hydrogen-bond donors (Lipinski definition) is 4. The topological polar surface area (TPSA) is 179 Å². The van der Waals surface area contributed by atoms with Crippen molar-refractivity contribution in [3.05, 3.63) is 0 Å². The van der Waals surface area contributed by atoms with Gasteiger partial charge in [-0.2, -0.15) is 0 Å². The molecule has 11 heteroatoms. The lowest BCUT2D eigenvalue weighted by molar-refractivity contribution is -0.218. The van der Waals surface area contributed by atoms with Crippen LogP contribution < -0.4 is 11.5 Å². The average molecular weight is 343 g/mol. The van der Waals surface area contributed by atoms with Crippen LogP contribution in [0.2, 0.25) is 0 Å². The first-order valence-corrected chi connectivity index (χ1v) is 5.85. The number of esters is 2. The molecule has 0 bridgehead atoms. The average Bonchev–Trinajstić information content (AvgIpc) is 2.25. The van der Waals surface area contributed by atoms with Crippen LogP contribution in [-0.2, 0) is 28.7 Å². The largest absolute Gasteiger partial charge is 0.481 e. The Morgan fingerprint density at radius 1 is 0.909 bits per heavy atom. The minimum atomic E-state index is -1.76. The van der Waals surface area contributed by atoms with Crippen LogP contribution in [0, 0.1) is 0 Å². The van der Waals surface area contributed by atoms with Crippen molar-refractivity contribution in [2.45, 2.75) is 44.6 Å². The summed E-state index contributed by atoms with van der Waals surface area (Å²) in [6.45, 7) is 2.40. The molecule has 128 valence electrons. The Morgan fingerprint density at radius 3 is 1.41 bits per heavy atom. The van der Waals surface area contributed by atoms with Crippen LogP contribution in [0.1, 0.15) is 26.7 Å². The van der Waals surface area contributed by atoms with Gasteiger partial charge in [0.2, 0.25) is 0 Å². The molecule has 0 spiro atoms. The summed E-state index contributed by atoms with van der Waals surface area (Å²) in [5.74, 6) is -6.51. The predicted molar refractivity (Wildman–Crippen MR) is 74.0 cm³/mol. The van der Waals surface area contributed by atoms with E-state index in [9.17, 15) is 19.2 Å². The molecular formula is C11H19ClN2O8. The van der Waals surface area contributed by atoms with Gasteiger partial charge in [0, 0.05) is 13.8 Å². The summed E-state index contributed by atoms with van der Waals surface area (Å²) in [4.78, 5) is 43.8. The molecule has 0 fully saturated rings. The highest BCUT2D eigenvalue weighted by Crippen LogP contribution is 2.14. The smallest absolute Gasteiger partial charge is 0.326 e. The monoisotopic (exact) mass is 342 g/mol. The zero-order valence-corrected chi connectivity index (χ0v) is 12.8. The van der Waals surface area contributed by atoms with Crippen molar-refractivity contribution in [2.24, 2.45) is 11.5 Å². The molecule has 6 N–H and O–H groups in total. The normalized spacial score (nSPS) is 13.3. The zero-order valence-electron chi connectivity index (χ0n) is 12.0. The molecule has 0 aromatic heterocycles. The van der Waals surface area contributed by atoms with Gasteiger partial charge in [-0.25, -0.2) is 0 Å². The standard InChI is InChI=1S/C11H18N2O8.ClH/c1-11(2,20-9(18)5(12)3-7(14)15)21-10(19)6(13)4-8(16)17;/h5-6H,3-4,12-13H2,1-2H3,(H,14,15)(H,16,17);1H/t5-,6?;/m0./s1. The lowest BCUT2D eigenvalue weighted by atomic mass is 10.2. The van der Waals surface area contributed by atoms with Crippen LogP contribution in [0.5, 0.6) is 0 Å². The van der Waals surface area contributed by atoms with Gasteiger partial charge in [0.25, 0.3) is 5.79 Å². The molecule has 0 aliphatic rings. The number of carbonyl (C=O) groups is 4. The fourth-order valence-electron chi connectivity index (χ4n) is 1.20. The maximum atomic E-state index is 11.5. The maximum Gasteiger partial charge on any atom is 0.326 e. The van der Waals surface area contributed by atoms with E-state index in [4.69, 9.17) is 31.2 Å². The summed E-state index contributed by atoms with van der Waals surface area (Å²) in [6.07, 6.45) is -1.30. The highest BCUT2D eigenvalue weighted by Gasteiger charge is 2.33. The lowest BCUT2D eigenvalue weighted by Crippen LogP contribution is -2.45. The van der Waals surface area contributed by atoms with Crippen LogP contribution in [0.4, 0.5) is 0 Å². The number of carboxylic acid groups (broad SMARTS) is 2. The number of rotatable bonds is 8. The van der Waals surface area contributed by atoms with E-state index in [0.29, 0.717) is 0 Å². The number of carboxylic acids is 2. The third-order valence-electron chi connectivity index (χ3n) is 2.09. The summed E-state index contributed by atoms with van der Waals surface area (Å²) in [6, 6.07) is -2.85. The van der Waals surface area contributed by atoms with Crippen molar-refractivity contribution in [3.63, 3.8) is 0 Å². The number of nitrogens with two attached hydrogens (primary N) is 2. The molecule has 0 saturated heterocycles. The van der Waals surface area contributed by atoms with Crippen molar-refractivity contribution in [1.82, 2.24) is 0 Å². The molecule has 0 heterocycles. The van der Waals surface area contributed by atoms with Crippen molar-refractivity contribution in [1.29, 1.82) is 0 Å². The van der Waals surface area contributed by atoms with E-state index >= 15 is 0 Å². The molecule has 0 radical (unpaired) electrons. The molecule has 0 aromatic carbocycles. The van der Waals surface area contributed by atoms with Crippen LogP contribution in [0.3, 0.4) is 0 Å². The molecular weight excluding hydrogens is 324 g/mol. The molecule has 0 aliphatic carbocycles. The van der Waals surface area contributed by atoms with Crippen molar-refractivity contribution < 1.29 is 38.9 Å². The quantitative estimate of drug-likeness (QED) is 0.310. The summed E-state index contributed by atoms with van der Waals surface area (Å²) < 4.78 is 9.51. The Hall–Kier alpha value is -1.91. The minimum Gasteiger partial charge on any atom is -0.481 e. The first kappa shape index (κ1) is 22.4. The van der Waals surface area contributed by atoms with E-state index in [2.05, 4.69) is 0 Å². The van der Waals surface area contributed by atoms with Crippen molar-refractivity contribution in [3.8, 4) is 0 Å². The minimum absolute atomic E-state index is 0. The molecule has 0 aliphatic heterocycles. The third-order valence-corrected chi connectivity index (χ3v) is 2.09. The van der Waals surface area contributed by atoms with Gasteiger partial charge in [-0.05, 0) is 0 Å². The molecule has 10 nitrogen and oxygen atoms in total. The Morgan fingerprint density at radius 2 is 1.18 bits per heavy atom. The molecule has 22 heavy (non-hydrogen) atoms. The van der Waals surface area contributed by atoms with Gasteiger partial charge in [0.1, 0.15) is 12.1 Å². The Bertz CT molecular complexity index is 402. The second kappa shape index (κ2) is 9.18. The van der Waals surface area contributed by atoms with Crippen molar-refractivity contribution >= 4 is 36.3 Å². The summed E-state index contributed by atoms with van der Waals surface area (Å²) in [5, 5.41) is 17.0. The molecule has 1 unspecified atom stereocenters. The van der Waals surface area contributed by atoms with Gasteiger partial charge in [-0.3, -0.25) is 19.2 Å². The van der Waals surface area contributed by atoms with Crippen LogP contribution >= 0.6 is 12.4 Å². The number of hydrogen-bond acceptors (Lipinski definition) is 8. The summed E-state index contributed by atoms with van der Waals surface area (Å²) in [5.41, 5.74) is 10.6. The molecule has 2 atom stereocenters. The Balaban J connectivity index is 0. The molecule has 0 saturated carbocycles. The van der Waals surface area contributed by atoms with Crippen LogP contribution in [0.25, 0.3) is 0 Å². The fourth-order valence-corrected chi connectivity index (χ4v) is 1.20. The highest BCUT2D eigenvalue weighted by molar-refractivity contribution is 5.85. The zero-order chi connectivity index (χ0) is 16.8. The van der Waals surface area contributed by atoms with Gasteiger partial charge in [-0.1, -0.05) is 0 Å². The van der Waals surface area contributed by atoms with E-state index < -0.39 is 54.6 Å². The Labute approximate surface area is 132 Å². The molecule has 0 amide bonds. The SMILES string of the molecule is CC(C)(OC(=O)C(N)CC(=O)O)OC(=O)[C@@H](N)CC(=O)O.Cl. The third kappa shape index (κ3) is 9.10. The first-order chi connectivity index (χ1) is 9.44. The van der Waals surface area contributed by atoms with E-state index in [1.165, 1.54) is 13.8 Å². The highest BCUT2D eigenvalue weighted by atomic mass is 35.5. The van der Waals surface area contributed by atoms with E-state index in [1.807, 2.05) is 0 Å². The van der Waals surface area contributed by atoms with Crippen molar-refractivity contribution in [2.75, 3.05) is 0 Å². The predicted octanol–water partition coefficient (Wildman–Crippen LogP) is -1.17. The second-order valence-electron chi connectivity index (χ2n) is 4.65. The number of carbonyl (C=O) groups excluding carboxylic acids is 2. The lowest BCUT2D eigenvalue weighted by Gasteiger charge is -2.27. The number of ether oxygens (including phenoxy) is 2. The maximum absolute atomic E-state index is 11.5. The van der Waals surface area contributed by atoms with Gasteiger partial charge in [-0.15, -0.1) is 12.4 Å². The second-order valence-corrected chi connectivity index (χ2v) is 4.65. The van der Waals surface area contributed by atoms with Gasteiger partial charge in [0.05, 0.1) is 12.8 Å². The van der Waals surface area contributed by atoms with E-state index in [-0.39, 0.29) is 12.4 Å². The number of halogens is 1. The van der Waals surface area contributed by atoms with E-state index in [0.717, 1.165) is 0 Å². The fraction of sp³-hybridized carbons (Fsp3) is 0.636. The van der Waals surface area contributed by atoms with Crippen LogP contribution in [-0.4, -0.2) is 52.0 Å². The van der Waals surface area contributed by atoms with Crippen LogP contribution in [0.15, 0.2) is 0 Å². The first-order valence-electron chi connectivity index (χ1n) is 5.85. The van der Waals surface area contributed by atoms with Gasteiger partial charge in [0.15, 0.2) is 0 Å². The number of aliphatic carboxylic acids is 2. The summed E-state index contributed by atoms with van der Waals surface area (Å²) >= 11 is 0. The summed E-state index contributed by atoms with van der Waals surface area (Å²) in [7, 11) is 0. The molecule has 0 aromatic rings. The molecule has 0 rings (SSSR count). The van der Waals surface area contributed by atoms with Gasteiger partial charge < -0.3 is 31.2 Å².